The van der Waals surface area contributed by atoms with Crippen molar-refractivity contribution in [2.24, 2.45) is 7.05 Å². The van der Waals surface area contributed by atoms with E-state index in [9.17, 15) is 4.79 Å². The normalized spacial score (nSPS) is 12.4. The molecule has 2 aromatic heterocycles. The highest BCUT2D eigenvalue weighted by Crippen LogP contribution is 2.12. The van der Waals surface area contributed by atoms with E-state index in [1.807, 2.05) is 6.92 Å². The number of aromatic nitrogens is 4. The van der Waals surface area contributed by atoms with Gasteiger partial charge in [0.15, 0.2) is 0 Å². The van der Waals surface area contributed by atoms with Crippen molar-refractivity contribution < 1.29 is 4.79 Å². The van der Waals surface area contributed by atoms with E-state index in [0.29, 0.717) is 5.69 Å². The molecule has 1 atom stereocenters. The van der Waals surface area contributed by atoms with Crippen LogP contribution in [0, 0.1) is 0 Å². The molecular weight excluding hydrogens is 218 g/mol. The standard InChI is InChI=1S/C11H15N5O/c1-3-8(10-12-6-7-13-10)15-11(17)9-4-5-14-16(9)2/h4-8H,3H2,1-2H3,(H,12,13)(H,15,17). The lowest BCUT2D eigenvalue weighted by Gasteiger charge is -2.14. The number of carbonyl (C=O) groups excluding carboxylic acids is 1. The van der Waals surface area contributed by atoms with Crippen LogP contribution >= 0.6 is 0 Å². The molecule has 2 aromatic rings. The number of imidazole rings is 1. The van der Waals surface area contributed by atoms with E-state index in [1.54, 1.807) is 36.4 Å². The Morgan fingerprint density at radius 3 is 2.94 bits per heavy atom. The van der Waals surface area contributed by atoms with E-state index in [4.69, 9.17) is 0 Å². The van der Waals surface area contributed by atoms with Crippen LogP contribution in [0.4, 0.5) is 0 Å². The maximum atomic E-state index is 12.0. The maximum Gasteiger partial charge on any atom is 0.270 e. The van der Waals surface area contributed by atoms with Crippen LogP contribution in [-0.4, -0.2) is 25.7 Å². The van der Waals surface area contributed by atoms with Crippen LogP contribution in [0.3, 0.4) is 0 Å². The number of aromatic amines is 1. The van der Waals surface area contributed by atoms with Gasteiger partial charge in [-0.3, -0.25) is 9.48 Å². The summed E-state index contributed by atoms with van der Waals surface area (Å²) < 4.78 is 1.55. The fourth-order valence-electron chi connectivity index (χ4n) is 1.66. The van der Waals surface area contributed by atoms with Gasteiger partial charge in [0.05, 0.1) is 6.04 Å². The summed E-state index contributed by atoms with van der Waals surface area (Å²) >= 11 is 0. The van der Waals surface area contributed by atoms with Crippen LogP contribution in [0.15, 0.2) is 24.7 Å². The molecule has 90 valence electrons. The Labute approximate surface area is 99.1 Å². The zero-order valence-electron chi connectivity index (χ0n) is 9.84. The number of amides is 1. The average molecular weight is 233 g/mol. The first kappa shape index (κ1) is 11.4. The van der Waals surface area contributed by atoms with E-state index < -0.39 is 0 Å². The Morgan fingerprint density at radius 1 is 1.59 bits per heavy atom. The van der Waals surface area contributed by atoms with Crippen LogP contribution < -0.4 is 5.32 Å². The Hall–Kier alpha value is -2.11. The summed E-state index contributed by atoms with van der Waals surface area (Å²) in [5, 5.41) is 6.88. The second-order valence-electron chi connectivity index (χ2n) is 3.75. The van der Waals surface area contributed by atoms with Crippen molar-refractivity contribution in [3.8, 4) is 0 Å². The number of H-pyrrole nitrogens is 1. The molecule has 0 aliphatic carbocycles. The van der Waals surface area contributed by atoms with Crippen molar-refractivity contribution in [2.75, 3.05) is 0 Å². The van der Waals surface area contributed by atoms with Crippen LogP contribution in [0.2, 0.25) is 0 Å². The summed E-state index contributed by atoms with van der Waals surface area (Å²) in [6, 6.07) is 1.58. The Bertz CT molecular complexity index is 488. The van der Waals surface area contributed by atoms with Crippen molar-refractivity contribution >= 4 is 5.91 Å². The van der Waals surface area contributed by atoms with Crippen molar-refractivity contribution in [3.63, 3.8) is 0 Å². The zero-order valence-corrected chi connectivity index (χ0v) is 9.84. The predicted molar refractivity (Wildman–Crippen MR) is 62.3 cm³/mol. The summed E-state index contributed by atoms with van der Waals surface area (Å²) in [6.07, 6.45) is 5.79. The SMILES string of the molecule is CCC(NC(=O)c1ccnn1C)c1ncc[nH]1. The van der Waals surface area contributed by atoms with Gasteiger partial charge in [-0.25, -0.2) is 4.98 Å². The van der Waals surface area contributed by atoms with E-state index >= 15 is 0 Å². The molecule has 2 rings (SSSR count). The van der Waals surface area contributed by atoms with Crippen molar-refractivity contribution in [3.05, 3.63) is 36.2 Å². The second kappa shape index (κ2) is 4.82. The molecule has 0 aliphatic rings. The number of nitrogens with one attached hydrogen (secondary N) is 2. The van der Waals surface area contributed by atoms with Gasteiger partial charge >= 0.3 is 0 Å². The van der Waals surface area contributed by atoms with Gasteiger partial charge in [0.25, 0.3) is 5.91 Å². The summed E-state index contributed by atoms with van der Waals surface area (Å²) in [7, 11) is 1.74. The molecular formula is C11H15N5O. The number of aryl methyl sites for hydroxylation is 1. The number of rotatable bonds is 4. The molecule has 1 unspecified atom stereocenters. The highest BCUT2D eigenvalue weighted by molar-refractivity contribution is 5.92. The van der Waals surface area contributed by atoms with Crippen LogP contribution in [0.1, 0.15) is 35.7 Å². The summed E-state index contributed by atoms with van der Waals surface area (Å²) in [4.78, 5) is 19.1. The van der Waals surface area contributed by atoms with Gasteiger partial charge in [0.2, 0.25) is 0 Å². The van der Waals surface area contributed by atoms with Gasteiger partial charge < -0.3 is 10.3 Å². The smallest absolute Gasteiger partial charge is 0.270 e. The molecule has 0 bridgehead atoms. The molecule has 0 aromatic carbocycles. The van der Waals surface area contributed by atoms with Crippen LogP contribution in [0.5, 0.6) is 0 Å². The molecule has 2 heterocycles. The molecule has 2 N–H and O–H groups in total. The minimum absolute atomic E-state index is 0.104. The van der Waals surface area contributed by atoms with E-state index in [0.717, 1.165) is 12.2 Å². The molecule has 6 nitrogen and oxygen atoms in total. The predicted octanol–water partition coefficient (Wildman–Crippen LogP) is 1.02. The molecule has 0 fully saturated rings. The molecule has 0 spiro atoms. The van der Waals surface area contributed by atoms with Crippen molar-refractivity contribution in [2.45, 2.75) is 19.4 Å². The van der Waals surface area contributed by atoms with E-state index in [-0.39, 0.29) is 11.9 Å². The fraction of sp³-hybridized carbons (Fsp3) is 0.364. The third-order valence-corrected chi connectivity index (χ3v) is 2.62. The number of hydrogen-bond acceptors (Lipinski definition) is 3. The highest BCUT2D eigenvalue weighted by atomic mass is 16.2. The lowest BCUT2D eigenvalue weighted by Crippen LogP contribution is -2.30. The third kappa shape index (κ3) is 2.35. The first-order valence-electron chi connectivity index (χ1n) is 5.50. The highest BCUT2D eigenvalue weighted by Gasteiger charge is 2.17. The molecule has 6 heteroatoms. The Kier molecular flexibility index (Phi) is 3.22. The van der Waals surface area contributed by atoms with E-state index in [1.165, 1.54) is 0 Å². The Balaban J connectivity index is 2.10. The van der Waals surface area contributed by atoms with Gasteiger partial charge in [0.1, 0.15) is 11.5 Å². The lowest BCUT2D eigenvalue weighted by molar-refractivity contribution is 0.0924. The summed E-state index contributed by atoms with van der Waals surface area (Å²) in [5.74, 6) is 0.622. The minimum Gasteiger partial charge on any atom is -0.347 e. The summed E-state index contributed by atoms with van der Waals surface area (Å²) in [5.41, 5.74) is 0.537. The molecule has 0 aliphatic heterocycles. The molecule has 0 radical (unpaired) electrons. The van der Waals surface area contributed by atoms with E-state index in [2.05, 4.69) is 20.4 Å². The quantitative estimate of drug-likeness (QED) is 0.828. The number of carbonyl (C=O) groups is 1. The topological polar surface area (TPSA) is 75.6 Å². The zero-order chi connectivity index (χ0) is 12.3. The van der Waals surface area contributed by atoms with Crippen molar-refractivity contribution in [1.82, 2.24) is 25.1 Å². The minimum atomic E-state index is -0.145. The van der Waals surface area contributed by atoms with Gasteiger partial charge in [-0.2, -0.15) is 5.10 Å². The second-order valence-corrected chi connectivity index (χ2v) is 3.75. The largest absolute Gasteiger partial charge is 0.347 e. The third-order valence-electron chi connectivity index (χ3n) is 2.62. The van der Waals surface area contributed by atoms with Gasteiger partial charge in [-0.1, -0.05) is 6.92 Å². The maximum absolute atomic E-state index is 12.0. The molecule has 17 heavy (non-hydrogen) atoms. The Morgan fingerprint density at radius 2 is 2.41 bits per heavy atom. The number of nitrogens with zero attached hydrogens (tertiary/aromatic N) is 3. The van der Waals surface area contributed by atoms with Gasteiger partial charge in [0, 0.05) is 25.6 Å². The summed E-state index contributed by atoms with van der Waals surface area (Å²) in [6.45, 7) is 2.00. The van der Waals surface area contributed by atoms with Gasteiger partial charge in [-0.15, -0.1) is 0 Å². The first-order valence-corrected chi connectivity index (χ1v) is 5.50. The molecule has 0 saturated carbocycles. The lowest BCUT2D eigenvalue weighted by atomic mass is 10.2. The van der Waals surface area contributed by atoms with Crippen molar-refractivity contribution in [1.29, 1.82) is 0 Å². The first-order chi connectivity index (χ1) is 8.22. The van der Waals surface area contributed by atoms with Crippen LogP contribution in [0.25, 0.3) is 0 Å². The molecule has 0 saturated heterocycles. The average Bonchev–Trinajstić information content (AvgIpc) is 2.96. The fourth-order valence-corrected chi connectivity index (χ4v) is 1.66. The monoisotopic (exact) mass is 233 g/mol. The van der Waals surface area contributed by atoms with Gasteiger partial charge in [-0.05, 0) is 12.5 Å². The number of hydrogen-bond donors (Lipinski definition) is 2. The van der Waals surface area contributed by atoms with Crippen LogP contribution in [-0.2, 0) is 7.05 Å². The molecule has 1 amide bonds.